The van der Waals surface area contributed by atoms with Gasteiger partial charge < -0.3 is 4.74 Å². The summed E-state index contributed by atoms with van der Waals surface area (Å²) in [7, 11) is 1.53. The number of aromatic nitrogens is 3. The molecule has 1 aromatic carbocycles. The summed E-state index contributed by atoms with van der Waals surface area (Å²) in [6.07, 6.45) is 0. The second-order valence-corrected chi connectivity index (χ2v) is 3.49. The van der Waals surface area contributed by atoms with Gasteiger partial charge in [0.15, 0.2) is 11.6 Å². The number of hydrogen-bond acceptors (Lipinski definition) is 3. The summed E-state index contributed by atoms with van der Waals surface area (Å²) in [6, 6.07) is 1.48. The molecular weight excluding hydrogens is 216 g/mol. The van der Waals surface area contributed by atoms with Gasteiger partial charge in [-0.25, -0.2) is 13.5 Å². The zero-order chi connectivity index (χ0) is 11.7. The van der Waals surface area contributed by atoms with E-state index in [0.29, 0.717) is 18.7 Å². The number of aryl methyl sites for hydroxylation is 1. The first-order valence-electron chi connectivity index (χ1n) is 4.82. The van der Waals surface area contributed by atoms with Crippen molar-refractivity contribution >= 4 is 11.0 Å². The number of benzene rings is 1. The van der Waals surface area contributed by atoms with Gasteiger partial charge in [0.1, 0.15) is 11.0 Å². The fourth-order valence-electron chi connectivity index (χ4n) is 1.53. The highest BCUT2D eigenvalue weighted by atomic mass is 19.2. The van der Waals surface area contributed by atoms with Crippen molar-refractivity contribution in [3.05, 3.63) is 23.3 Å². The van der Waals surface area contributed by atoms with Gasteiger partial charge in [-0.2, -0.15) is 0 Å². The molecule has 2 rings (SSSR count). The predicted molar refractivity (Wildman–Crippen MR) is 54.1 cm³/mol. The van der Waals surface area contributed by atoms with Gasteiger partial charge in [-0.1, -0.05) is 5.21 Å². The number of fused-ring (bicyclic) bond motifs is 1. The third kappa shape index (κ3) is 1.65. The Morgan fingerprint density at radius 2 is 2.12 bits per heavy atom. The Balaban J connectivity index is 2.57. The van der Waals surface area contributed by atoms with Crippen molar-refractivity contribution in [3.8, 4) is 0 Å². The van der Waals surface area contributed by atoms with Gasteiger partial charge in [-0.15, -0.1) is 5.10 Å². The highest BCUT2D eigenvalue weighted by Gasteiger charge is 2.16. The monoisotopic (exact) mass is 227 g/mol. The van der Waals surface area contributed by atoms with Crippen molar-refractivity contribution in [1.82, 2.24) is 15.0 Å². The normalized spacial score (nSPS) is 11.2. The molecule has 0 amide bonds. The van der Waals surface area contributed by atoms with Crippen molar-refractivity contribution in [2.45, 2.75) is 13.5 Å². The molecule has 2 aromatic rings. The highest BCUT2D eigenvalue weighted by molar-refractivity contribution is 5.76. The average Bonchev–Trinajstić information content (AvgIpc) is 2.66. The Hall–Kier alpha value is -1.56. The van der Waals surface area contributed by atoms with Gasteiger partial charge in [0.2, 0.25) is 0 Å². The van der Waals surface area contributed by atoms with E-state index in [2.05, 4.69) is 10.3 Å². The number of ether oxygens (including phenoxy) is 1. The maximum Gasteiger partial charge on any atom is 0.186 e. The number of nitrogens with zero attached hydrogens (tertiary/aromatic N) is 3. The Bertz CT molecular complexity index is 524. The molecule has 0 radical (unpaired) electrons. The number of methoxy groups -OCH3 is 1. The summed E-state index contributed by atoms with van der Waals surface area (Å²) in [4.78, 5) is 0. The van der Waals surface area contributed by atoms with Crippen molar-refractivity contribution in [2.75, 3.05) is 13.7 Å². The van der Waals surface area contributed by atoms with Gasteiger partial charge in [0.05, 0.1) is 13.2 Å². The minimum atomic E-state index is -0.906. The molecular formula is C10H11F2N3O. The van der Waals surface area contributed by atoms with E-state index in [0.717, 1.165) is 0 Å². The molecule has 0 saturated carbocycles. The van der Waals surface area contributed by atoms with Crippen LogP contribution < -0.4 is 0 Å². The maximum atomic E-state index is 13.7. The zero-order valence-corrected chi connectivity index (χ0v) is 9.00. The molecule has 0 N–H and O–H groups in total. The molecule has 16 heavy (non-hydrogen) atoms. The molecule has 0 atom stereocenters. The Kier molecular flexibility index (Phi) is 2.82. The van der Waals surface area contributed by atoms with Gasteiger partial charge in [-0.3, -0.25) is 0 Å². The smallest absolute Gasteiger partial charge is 0.186 e. The summed E-state index contributed by atoms with van der Waals surface area (Å²) < 4.78 is 33.2. The first-order chi connectivity index (χ1) is 7.65. The molecule has 0 saturated heterocycles. The SMILES string of the molecule is COCCn1nnc2cc(C)c(F)c(F)c21. The lowest BCUT2D eigenvalue weighted by Gasteiger charge is -2.03. The van der Waals surface area contributed by atoms with Gasteiger partial charge in [-0.05, 0) is 18.6 Å². The number of hydrogen-bond donors (Lipinski definition) is 0. The molecule has 6 heteroatoms. The maximum absolute atomic E-state index is 13.7. The van der Waals surface area contributed by atoms with Gasteiger partial charge in [0, 0.05) is 7.11 Å². The van der Waals surface area contributed by atoms with Crippen LogP contribution >= 0.6 is 0 Å². The predicted octanol–water partition coefficient (Wildman–Crippen LogP) is 1.66. The van der Waals surface area contributed by atoms with Gasteiger partial charge in [0.25, 0.3) is 0 Å². The van der Waals surface area contributed by atoms with Crippen LogP contribution in [0.25, 0.3) is 11.0 Å². The van der Waals surface area contributed by atoms with E-state index in [9.17, 15) is 8.78 Å². The van der Waals surface area contributed by atoms with Crippen molar-refractivity contribution < 1.29 is 13.5 Å². The van der Waals surface area contributed by atoms with E-state index >= 15 is 0 Å². The van der Waals surface area contributed by atoms with E-state index in [1.807, 2.05) is 0 Å². The van der Waals surface area contributed by atoms with Crippen LogP contribution in [0.5, 0.6) is 0 Å². The Labute approximate surface area is 90.8 Å². The molecule has 1 heterocycles. The van der Waals surface area contributed by atoms with Crippen molar-refractivity contribution in [2.24, 2.45) is 0 Å². The molecule has 0 unspecified atom stereocenters. The second-order valence-electron chi connectivity index (χ2n) is 3.49. The van der Waals surface area contributed by atoms with Crippen molar-refractivity contribution in [1.29, 1.82) is 0 Å². The van der Waals surface area contributed by atoms with Gasteiger partial charge >= 0.3 is 0 Å². The van der Waals surface area contributed by atoms with Crippen LogP contribution in [0, 0.1) is 18.6 Å². The third-order valence-corrected chi connectivity index (χ3v) is 2.37. The van der Waals surface area contributed by atoms with Crippen molar-refractivity contribution in [3.63, 3.8) is 0 Å². The van der Waals surface area contributed by atoms with Crippen LogP contribution in [0.2, 0.25) is 0 Å². The average molecular weight is 227 g/mol. The quantitative estimate of drug-likeness (QED) is 0.800. The fourth-order valence-corrected chi connectivity index (χ4v) is 1.53. The molecule has 0 fully saturated rings. The molecule has 0 aliphatic carbocycles. The van der Waals surface area contributed by atoms with E-state index in [1.165, 1.54) is 24.8 Å². The Morgan fingerprint density at radius 3 is 2.81 bits per heavy atom. The topological polar surface area (TPSA) is 39.9 Å². The largest absolute Gasteiger partial charge is 0.383 e. The zero-order valence-electron chi connectivity index (χ0n) is 9.00. The molecule has 0 bridgehead atoms. The van der Waals surface area contributed by atoms with Crippen LogP contribution in [0.3, 0.4) is 0 Å². The molecule has 86 valence electrons. The van der Waals surface area contributed by atoms with E-state index in [-0.39, 0.29) is 11.1 Å². The molecule has 1 aromatic heterocycles. The summed E-state index contributed by atoms with van der Waals surface area (Å²) >= 11 is 0. The Morgan fingerprint density at radius 1 is 1.38 bits per heavy atom. The van der Waals surface area contributed by atoms with Crippen LogP contribution in [-0.2, 0) is 11.3 Å². The third-order valence-electron chi connectivity index (χ3n) is 2.37. The van der Waals surface area contributed by atoms with Crippen LogP contribution in [0.15, 0.2) is 6.07 Å². The highest BCUT2D eigenvalue weighted by Crippen LogP contribution is 2.21. The molecule has 0 aliphatic heterocycles. The second kappa shape index (κ2) is 4.13. The first kappa shape index (κ1) is 10.9. The van der Waals surface area contributed by atoms with Crippen LogP contribution in [0.1, 0.15) is 5.56 Å². The summed E-state index contributed by atoms with van der Waals surface area (Å²) in [5, 5.41) is 7.54. The van der Waals surface area contributed by atoms with E-state index in [4.69, 9.17) is 4.74 Å². The number of halogens is 2. The first-order valence-corrected chi connectivity index (χ1v) is 4.82. The van der Waals surface area contributed by atoms with Crippen LogP contribution in [0.4, 0.5) is 8.78 Å². The summed E-state index contributed by atoms with van der Waals surface area (Å²) in [5.41, 5.74) is 0.663. The molecule has 4 nitrogen and oxygen atoms in total. The summed E-state index contributed by atoms with van der Waals surface area (Å²) in [5.74, 6) is -1.76. The lowest BCUT2D eigenvalue weighted by atomic mass is 10.2. The summed E-state index contributed by atoms with van der Waals surface area (Å²) in [6.45, 7) is 2.20. The standard InChI is InChI=1S/C10H11F2N3O/c1-6-5-7-10(9(12)8(6)11)15(14-13-7)3-4-16-2/h5H,3-4H2,1-2H3. The van der Waals surface area contributed by atoms with E-state index in [1.54, 1.807) is 0 Å². The van der Waals surface area contributed by atoms with Crippen LogP contribution in [-0.4, -0.2) is 28.7 Å². The minimum Gasteiger partial charge on any atom is -0.383 e. The lowest BCUT2D eigenvalue weighted by molar-refractivity contribution is 0.184. The minimum absolute atomic E-state index is 0.0835. The fraction of sp³-hybridized carbons (Fsp3) is 0.400. The lowest BCUT2D eigenvalue weighted by Crippen LogP contribution is -2.07. The van der Waals surface area contributed by atoms with E-state index < -0.39 is 11.6 Å². The molecule has 0 aliphatic rings. The number of rotatable bonds is 3. The molecule has 0 spiro atoms.